The lowest BCUT2D eigenvalue weighted by atomic mass is 10.00. The van der Waals surface area contributed by atoms with Crippen LogP contribution in [0.25, 0.3) is 0 Å². The van der Waals surface area contributed by atoms with Crippen molar-refractivity contribution < 1.29 is 14.3 Å². The molecule has 1 unspecified atom stereocenters. The minimum absolute atomic E-state index is 0.0414. The molecule has 2 aromatic carbocycles. The zero-order valence-electron chi connectivity index (χ0n) is 14.6. The lowest BCUT2D eigenvalue weighted by Gasteiger charge is -2.31. The topological polar surface area (TPSA) is 43.4 Å². The quantitative estimate of drug-likeness (QED) is 0.483. The third-order valence-corrected chi connectivity index (χ3v) is 10.4. The van der Waals surface area contributed by atoms with Crippen molar-refractivity contribution in [3.8, 4) is 0 Å². The Morgan fingerprint density at radius 1 is 1.00 bits per heavy atom. The van der Waals surface area contributed by atoms with Gasteiger partial charge in [-0.05, 0) is 25.4 Å². The summed E-state index contributed by atoms with van der Waals surface area (Å²) in [4.78, 5) is 24.8. The molecule has 0 aliphatic carbocycles. The monoisotopic (exact) mass is 352 g/mol. The minimum Gasteiger partial charge on any atom is -0.465 e. The molecular formula is C21H24O3Si. The maximum Gasteiger partial charge on any atom is 0.316 e. The Balaban J connectivity index is 2.00. The molecule has 130 valence electrons. The molecule has 1 fully saturated rings. The molecular weight excluding hydrogens is 328 g/mol. The largest absolute Gasteiger partial charge is 0.465 e. The molecule has 3 rings (SSSR count). The molecule has 0 N–H and O–H groups in total. The number of carbonyl (C=O) groups is 2. The van der Waals surface area contributed by atoms with Crippen molar-refractivity contribution in [1.82, 2.24) is 0 Å². The van der Waals surface area contributed by atoms with Gasteiger partial charge in [-0.1, -0.05) is 71.0 Å². The van der Waals surface area contributed by atoms with Gasteiger partial charge in [0.15, 0.2) is 0 Å². The first-order valence-electron chi connectivity index (χ1n) is 8.98. The van der Waals surface area contributed by atoms with Crippen molar-refractivity contribution in [1.29, 1.82) is 0 Å². The van der Waals surface area contributed by atoms with Crippen molar-refractivity contribution in [2.24, 2.45) is 5.92 Å². The van der Waals surface area contributed by atoms with Gasteiger partial charge in [0.25, 0.3) is 0 Å². The lowest BCUT2D eigenvalue weighted by molar-refractivity contribution is -0.151. The van der Waals surface area contributed by atoms with E-state index < -0.39 is 14.0 Å². The molecule has 0 bridgehead atoms. The number of benzene rings is 2. The van der Waals surface area contributed by atoms with Gasteiger partial charge in [-0.3, -0.25) is 9.59 Å². The van der Waals surface area contributed by atoms with Gasteiger partial charge in [0.2, 0.25) is 0 Å². The summed E-state index contributed by atoms with van der Waals surface area (Å²) in [6.07, 6.45) is 1.05. The van der Waals surface area contributed by atoms with Crippen LogP contribution in [0.3, 0.4) is 0 Å². The second-order valence-electron chi connectivity index (χ2n) is 6.62. The summed E-state index contributed by atoms with van der Waals surface area (Å²) >= 11 is 0. The van der Waals surface area contributed by atoms with E-state index in [1.807, 2.05) is 12.1 Å². The second-order valence-corrected chi connectivity index (χ2v) is 10.9. The second kappa shape index (κ2) is 7.79. The number of esters is 1. The van der Waals surface area contributed by atoms with Gasteiger partial charge in [-0.2, -0.15) is 0 Å². The van der Waals surface area contributed by atoms with E-state index in [-0.39, 0.29) is 11.8 Å². The maximum atomic E-state index is 12.6. The Labute approximate surface area is 150 Å². The predicted octanol–water partition coefficient (Wildman–Crippen LogP) is 2.79. The average Bonchev–Trinajstić information content (AvgIpc) is 2.83. The van der Waals surface area contributed by atoms with E-state index in [1.54, 1.807) is 6.92 Å². The number of Topliss-reactive ketones (excluding diaryl/α,β-unsaturated/α-hetero) is 1. The molecule has 4 heteroatoms. The number of hydrogen-bond acceptors (Lipinski definition) is 3. The van der Waals surface area contributed by atoms with E-state index in [2.05, 4.69) is 48.5 Å². The highest BCUT2D eigenvalue weighted by atomic mass is 28.3. The van der Waals surface area contributed by atoms with Crippen LogP contribution in [0.5, 0.6) is 0 Å². The maximum absolute atomic E-state index is 12.6. The fourth-order valence-corrected chi connectivity index (χ4v) is 8.79. The van der Waals surface area contributed by atoms with Crippen LogP contribution < -0.4 is 10.4 Å². The van der Waals surface area contributed by atoms with Gasteiger partial charge < -0.3 is 4.74 Å². The number of hydrogen-bond donors (Lipinski definition) is 0. The fourth-order valence-electron chi connectivity index (χ4n) is 3.94. The molecule has 1 aliphatic heterocycles. The van der Waals surface area contributed by atoms with E-state index in [4.69, 9.17) is 4.74 Å². The molecule has 0 radical (unpaired) electrons. The summed E-state index contributed by atoms with van der Waals surface area (Å²) in [5.74, 6) is -0.903. The lowest BCUT2D eigenvalue weighted by Crippen LogP contribution is -2.57. The van der Waals surface area contributed by atoms with Crippen LogP contribution in [0.1, 0.15) is 19.8 Å². The molecule has 0 amide bonds. The van der Waals surface area contributed by atoms with Gasteiger partial charge in [-0.25, -0.2) is 0 Å². The molecule has 0 aromatic heterocycles. The van der Waals surface area contributed by atoms with Gasteiger partial charge in [0.05, 0.1) is 6.61 Å². The fraction of sp³-hybridized carbons (Fsp3) is 0.333. The Morgan fingerprint density at radius 3 is 2.08 bits per heavy atom. The van der Waals surface area contributed by atoms with E-state index in [0.717, 1.165) is 12.1 Å². The normalized spacial score (nSPS) is 19.9. The average molecular weight is 353 g/mol. The summed E-state index contributed by atoms with van der Waals surface area (Å²) in [6, 6.07) is 22.9. The molecule has 3 nitrogen and oxygen atoms in total. The van der Waals surface area contributed by atoms with Gasteiger partial charge in [0.1, 0.15) is 19.8 Å². The van der Waals surface area contributed by atoms with Crippen LogP contribution in [0.15, 0.2) is 60.7 Å². The first-order valence-corrected chi connectivity index (χ1v) is 11.4. The van der Waals surface area contributed by atoms with Crippen LogP contribution in [0.2, 0.25) is 12.1 Å². The molecule has 1 heterocycles. The van der Waals surface area contributed by atoms with Crippen molar-refractivity contribution in [2.75, 3.05) is 6.61 Å². The first kappa shape index (κ1) is 17.6. The highest BCUT2D eigenvalue weighted by Gasteiger charge is 2.43. The SMILES string of the molecule is CCOC(=O)C1CC[Si](c2ccccc2)(c2ccccc2)CCC1=O. The molecule has 25 heavy (non-hydrogen) atoms. The summed E-state index contributed by atoms with van der Waals surface area (Å²) in [7, 11) is -2.07. The third kappa shape index (κ3) is 3.59. The summed E-state index contributed by atoms with van der Waals surface area (Å²) < 4.78 is 5.14. The van der Waals surface area contributed by atoms with Crippen molar-refractivity contribution in [3.63, 3.8) is 0 Å². The van der Waals surface area contributed by atoms with Crippen LogP contribution in [0, 0.1) is 5.92 Å². The van der Waals surface area contributed by atoms with Gasteiger partial charge in [0, 0.05) is 6.42 Å². The van der Waals surface area contributed by atoms with Crippen molar-refractivity contribution in [3.05, 3.63) is 60.7 Å². The molecule has 0 spiro atoms. The molecule has 2 aromatic rings. The highest BCUT2D eigenvalue weighted by Crippen LogP contribution is 2.29. The van der Waals surface area contributed by atoms with E-state index in [0.29, 0.717) is 19.4 Å². The molecule has 1 saturated heterocycles. The highest BCUT2D eigenvalue weighted by molar-refractivity contribution is 7.02. The van der Waals surface area contributed by atoms with E-state index in [9.17, 15) is 9.59 Å². The van der Waals surface area contributed by atoms with Crippen molar-refractivity contribution in [2.45, 2.75) is 31.9 Å². The van der Waals surface area contributed by atoms with Gasteiger partial charge in [-0.15, -0.1) is 0 Å². The smallest absolute Gasteiger partial charge is 0.316 e. The van der Waals surface area contributed by atoms with Crippen LogP contribution in [-0.2, 0) is 14.3 Å². The first-order chi connectivity index (χ1) is 12.2. The van der Waals surface area contributed by atoms with Crippen LogP contribution in [-0.4, -0.2) is 26.4 Å². The summed E-state index contributed by atoms with van der Waals surface area (Å²) in [5, 5.41) is 2.69. The van der Waals surface area contributed by atoms with Crippen LogP contribution in [0.4, 0.5) is 0 Å². The Bertz CT molecular complexity index is 688. The zero-order valence-corrected chi connectivity index (χ0v) is 15.6. The minimum atomic E-state index is -2.07. The number of carbonyl (C=O) groups excluding carboxylic acids is 2. The Morgan fingerprint density at radius 2 is 1.56 bits per heavy atom. The predicted molar refractivity (Wildman–Crippen MR) is 102 cm³/mol. The van der Waals surface area contributed by atoms with Crippen LogP contribution >= 0.6 is 0 Å². The van der Waals surface area contributed by atoms with E-state index >= 15 is 0 Å². The van der Waals surface area contributed by atoms with Gasteiger partial charge >= 0.3 is 5.97 Å². The molecule has 0 saturated carbocycles. The summed E-state index contributed by atoms with van der Waals surface area (Å²) in [5.41, 5.74) is 0. The van der Waals surface area contributed by atoms with Crippen molar-refractivity contribution >= 4 is 30.2 Å². The van der Waals surface area contributed by atoms with E-state index in [1.165, 1.54) is 10.4 Å². The number of rotatable bonds is 4. The Hall–Kier alpha value is -2.20. The molecule has 1 atom stereocenters. The standard InChI is InChI=1S/C21H24O3Si/c1-2-24-21(23)19-13-15-25(16-14-20(19)22,17-9-5-3-6-10-17)18-11-7-4-8-12-18/h3-12,19H,2,13-16H2,1H3. The number of ketones is 1. The number of ether oxygens (including phenoxy) is 1. The third-order valence-electron chi connectivity index (χ3n) is 5.27. The Kier molecular flexibility index (Phi) is 5.49. The molecule has 1 aliphatic rings. The zero-order chi connectivity index (χ0) is 17.7. The summed E-state index contributed by atoms with van der Waals surface area (Å²) in [6.45, 7) is 2.11.